The van der Waals surface area contributed by atoms with Crippen LogP contribution in [0.1, 0.15) is 64.0 Å². The first-order valence-corrected chi connectivity index (χ1v) is 14.8. The molecule has 2 aliphatic rings. The number of amides is 2. The lowest BCUT2D eigenvalue weighted by molar-refractivity contribution is -0.122. The van der Waals surface area contributed by atoms with Crippen molar-refractivity contribution in [2.24, 2.45) is 11.7 Å². The van der Waals surface area contributed by atoms with Gasteiger partial charge in [0, 0.05) is 31.1 Å². The SMILES string of the molecule is CC(C)OC(=O)N1CCC[C@@H](Nc2ncc3nc(Nc4c(Cl)cc(C#N)cc4Cl)n([C@H]4CC[C@@H](C(N)=O)CC4)c3n2)C1. The van der Waals surface area contributed by atoms with E-state index in [2.05, 4.69) is 15.6 Å². The number of aromatic nitrogens is 4. The van der Waals surface area contributed by atoms with E-state index in [1.54, 1.807) is 11.1 Å². The molecule has 1 atom stereocenters. The molecule has 1 saturated carbocycles. The fourth-order valence-corrected chi connectivity index (χ4v) is 6.18. The molecule has 2 fully saturated rings. The van der Waals surface area contributed by atoms with Crippen LogP contribution in [-0.2, 0) is 9.53 Å². The van der Waals surface area contributed by atoms with Gasteiger partial charge in [0.1, 0.15) is 5.52 Å². The van der Waals surface area contributed by atoms with Gasteiger partial charge in [-0.05, 0) is 64.5 Å². The molecule has 1 aromatic carbocycles. The predicted molar refractivity (Wildman–Crippen MR) is 160 cm³/mol. The summed E-state index contributed by atoms with van der Waals surface area (Å²) in [4.78, 5) is 40.1. The number of anilines is 3. The number of nitriles is 1. The number of rotatable bonds is 7. The molecule has 0 bridgehead atoms. The standard InChI is InChI=1S/C28H33Cl2N9O3/c1-15(2)42-28(41)38-9-3-4-18(14-38)34-26-33-13-22-25(37-26)39(19-7-5-17(6-8-19)24(32)40)27(35-22)36-23-20(29)10-16(12-31)11-21(23)30/h10-11,13,15,17-19H,3-9,14H2,1-2H3,(H2,32,40)(H,35,36)(H,33,34,37)/t17-,18-,19+/m1/s1. The number of nitrogens with two attached hydrogens (primary N) is 1. The Hall–Kier alpha value is -3.82. The van der Waals surface area contributed by atoms with E-state index >= 15 is 0 Å². The van der Waals surface area contributed by atoms with Gasteiger partial charge in [-0.15, -0.1) is 0 Å². The van der Waals surface area contributed by atoms with E-state index in [1.165, 1.54) is 12.1 Å². The number of nitrogens with one attached hydrogen (secondary N) is 2. The van der Waals surface area contributed by atoms with Crippen molar-refractivity contribution in [1.29, 1.82) is 5.26 Å². The van der Waals surface area contributed by atoms with Gasteiger partial charge in [-0.3, -0.25) is 9.36 Å². The minimum atomic E-state index is -0.326. The van der Waals surface area contributed by atoms with E-state index in [9.17, 15) is 14.9 Å². The van der Waals surface area contributed by atoms with Gasteiger partial charge in [0.2, 0.25) is 17.8 Å². The Bertz CT molecular complexity index is 1510. The molecule has 42 heavy (non-hydrogen) atoms. The van der Waals surface area contributed by atoms with Crippen LogP contribution in [0.3, 0.4) is 0 Å². The molecule has 4 N–H and O–H groups in total. The summed E-state index contributed by atoms with van der Waals surface area (Å²) in [5.74, 6) is 0.427. The number of ether oxygens (including phenoxy) is 1. The summed E-state index contributed by atoms with van der Waals surface area (Å²) in [6.45, 7) is 4.78. The van der Waals surface area contributed by atoms with Gasteiger partial charge in [-0.25, -0.2) is 14.8 Å². The Morgan fingerprint density at radius 1 is 1.14 bits per heavy atom. The van der Waals surface area contributed by atoms with E-state index in [4.69, 9.17) is 43.6 Å². The highest BCUT2D eigenvalue weighted by atomic mass is 35.5. The highest BCUT2D eigenvalue weighted by Gasteiger charge is 2.30. The average molecular weight is 615 g/mol. The van der Waals surface area contributed by atoms with E-state index in [-0.39, 0.29) is 46.2 Å². The van der Waals surface area contributed by atoms with Crippen LogP contribution in [0.5, 0.6) is 0 Å². The molecule has 12 nitrogen and oxygen atoms in total. The summed E-state index contributed by atoms with van der Waals surface area (Å²) in [5, 5.41) is 16.5. The minimum absolute atomic E-state index is 0.0252. The van der Waals surface area contributed by atoms with Crippen molar-refractivity contribution in [3.05, 3.63) is 33.9 Å². The number of carbonyl (C=O) groups is 2. The Morgan fingerprint density at radius 3 is 2.50 bits per heavy atom. The van der Waals surface area contributed by atoms with Crippen molar-refractivity contribution >= 4 is 64.0 Å². The second-order valence-corrected chi connectivity index (χ2v) is 11.8. The summed E-state index contributed by atoms with van der Waals surface area (Å²) in [6, 6.07) is 5.04. The number of halogens is 2. The summed E-state index contributed by atoms with van der Waals surface area (Å²) >= 11 is 13.0. The minimum Gasteiger partial charge on any atom is -0.447 e. The highest BCUT2D eigenvalue weighted by Crippen LogP contribution is 2.39. The highest BCUT2D eigenvalue weighted by molar-refractivity contribution is 6.39. The number of fused-ring (bicyclic) bond motifs is 1. The molecule has 0 radical (unpaired) electrons. The molecule has 0 spiro atoms. The van der Waals surface area contributed by atoms with Crippen molar-refractivity contribution in [2.75, 3.05) is 23.7 Å². The number of hydrogen-bond acceptors (Lipinski definition) is 9. The van der Waals surface area contributed by atoms with Crippen LogP contribution >= 0.6 is 23.2 Å². The summed E-state index contributed by atoms with van der Waals surface area (Å²) in [5.41, 5.74) is 7.51. The molecule has 3 aromatic rings. The van der Waals surface area contributed by atoms with E-state index in [1.807, 2.05) is 24.5 Å². The molecule has 222 valence electrons. The molecule has 14 heteroatoms. The Labute approximate surface area is 253 Å². The van der Waals surface area contributed by atoms with Gasteiger partial charge in [-0.2, -0.15) is 10.2 Å². The maximum atomic E-state index is 12.5. The molecular weight excluding hydrogens is 581 g/mol. The summed E-state index contributed by atoms with van der Waals surface area (Å²) in [7, 11) is 0. The van der Waals surface area contributed by atoms with Gasteiger partial charge in [0.15, 0.2) is 5.65 Å². The van der Waals surface area contributed by atoms with Crippen molar-refractivity contribution in [3.63, 3.8) is 0 Å². The number of carbonyl (C=O) groups excluding carboxylic acids is 2. The monoisotopic (exact) mass is 613 g/mol. The number of hydrogen-bond donors (Lipinski definition) is 3. The molecule has 1 saturated heterocycles. The smallest absolute Gasteiger partial charge is 0.410 e. The van der Waals surface area contributed by atoms with Gasteiger partial charge in [0.25, 0.3) is 0 Å². The molecule has 0 unspecified atom stereocenters. The van der Waals surface area contributed by atoms with Crippen LogP contribution < -0.4 is 16.4 Å². The van der Waals surface area contributed by atoms with Gasteiger partial charge < -0.3 is 26.0 Å². The number of likely N-dealkylation sites (tertiary alicyclic amines) is 1. The zero-order valence-electron chi connectivity index (χ0n) is 23.4. The van der Waals surface area contributed by atoms with Crippen molar-refractivity contribution < 1.29 is 14.3 Å². The second-order valence-electron chi connectivity index (χ2n) is 11.0. The normalized spacial score (nSPS) is 20.8. The van der Waals surface area contributed by atoms with Crippen LogP contribution in [0.25, 0.3) is 11.2 Å². The van der Waals surface area contributed by atoms with Crippen molar-refractivity contribution in [3.8, 4) is 6.07 Å². The van der Waals surface area contributed by atoms with Gasteiger partial charge in [-0.1, -0.05) is 23.2 Å². The molecule has 3 heterocycles. The topological polar surface area (TPSA) is 164 Å². The van der Waals surface area contributed by atoms with Crippen molar-refractivity contribution in [1.82, 2.24) is 24.4 Å². The third kappa shape index (κ3) is 6.47. The lowest BCUT2D eigenvalue weighted by Crippen LogP contribution is -2.46. The lowest BCUT2D eigenvalue weighted by atomic mass is 9.85. The van der Waals surface area contributed by atoms with Gasteiger partial charge in [0.05, 0.1) is 39.7 Å². The number of imidazole rings is 1. The van der Waals surface area contributed by atoms with E-state index in [0.29, 0.717) is 73.1 Å². The largest absolute Gasteiger partial charge is 0.447 e. The Kier molecular flexibility index (Phi) is 8.89. The third-order valence-electron chi connectivity index (χ3n) is 7.65. The van der Waals surface area contributed by atoms with Crippen LogP contribution in [0, 0.1) is 17.2 Å². The zero-order valence-corrected chi connectivity index (χ0v) is 25.0. The van der Waals surface area contributed by atoms with E-state index < -0.39 is 0 Å². The lowest BCUT2D eigenvalue weighted by Gasteiger charge is -2.33. The number of piperidine rings is 1. The van der Waals surface area contributed by atoms with Crippen LogP contribution in [0.15, 0.2) is 18.3 Å². The molecule has 5 rings (SSSR count). The first kappa shape index (κ1) is 29.7. The van der Waals surface area contributed by atoms with Gasteiger partial charge >= 0.3 is 6.09 Å². The third-order valence-corrected chi connectivity index (χ3v) is 8.25. The van der Waals surface area contributed by atoms with E-state index in [0.717, 1.165) is 12.8 Å². The zero-order chi connectivity index (χ0) is 30.0. The van der Waals surface area contributed by atoms with Crippen LogP contribution in [-0.4, -0.2) is 61.7 Å². The number of benzene rings is 1. The predicted octanol–water partition coefficient (Wildman–Crippen LogP) is 5.39. The first-order valence-electron chi connectivity index (χ1n) is 14.1. The first-order chi connectivity index (χ1) is 20.1. The molecule has 1 aliphatic heterocycles. The summed E-state index contributed by atoms with van der Waals surface area (Å²) < 4.78 is 7.38. The molecular formula is C28H33Cl2N9O3. The summed E-state index contributed by atoms with van der Waals surface area (Å²) in [6.07, 6.45) is 5.52. The average Bonchev–Trinajstić information content (AvgIpc) is 3.31. The second kappa shape index (κ2) is 12.6. The van der Waals surface area contributed by atoms with Crippen LogP contribution in [0.4, 0.5) is 22.4 Å². The van der Waals surface area contributed by atoms with Crippen LogP contribution in [0.2, 0.25) is 10.0 Å². The Balaban J connectivity index is 1.46. The molecule has 1 aliphatic carbocycles. The molecule has 2 aromatic heterocycles. The Morgan fingerprint density at radius 2 is 1.86 bits per heavy atom. The maximum Gasteiger partial charge on any atom is 0.410 e. The molecule has 2 amide bonds. The fourth-order valence-electron chi connectivity index (χ4n) is 5.60. The number of nitrogens with zero attached hydrogens (tertiary/aromatic N) is 6. The van der Waals surface area contributed by atoms with Crippen molar-refractivity contribution in [2.45, 2.75) is 70.6 Å². The maximum absolute atomic E-state index is 12.5. The number of primary amides is 1. The quantitative estimate of drug-likeness (QED) is 0.317. The fraction of sp³-hybridized carbons (Fsp3) is 0.500.